The first-order valence-electron chi connectivity index (χ1n) is 6.36. The zero-order valence-electron chi connectivity index (χ0n) is 11.4. The van der Waals surface area contributed by atoms with Crippen molar-refractivity contribution in [2.45, 2.75) is 25.1 Å². The monoisotopic (exact) mass is 299 g/mol. The van der Waals surface area contributed by atoms with Crippen molar-refractivity contribution < 1.29 is 13.2 Å². The summed E-state index contributed by atoms with van der Waals surface area (Å²) in [5, 5.41) is 7.78. The highest BCUT2D eigenvalue weighted by molar-refractivity contribution is 5.25. The first-order valence-corrected chi connectivity index (χ1v) is 6.36. The molecule has 0 spiro atoms. The Morgan fingerprint density at radius 3 is 2.38 bits per heavy atom. The van der Waals surface area contributed by atoms with Gasteiger partial charge in [-0.1, -0.05) is 17.3 Å². The van der Waals surface area contributed by atoms with Gasteiger partial charge in [0.2, 0.25) is 0 Å². The van der Waals surface area contributed by atoms with Gasteiger partial charge >= 0.3 is 6.18 Å². The SMILES string of the molecule is Cn1cc(CC(Cc2ccc(C(F)(F)F)cc2)NN)nn1. The fourth-order valence-electron chi connectivity index (χ4n) is 2.05. The van der Waals surface area contributed by atoms with Crippen molar-refractivity contribution in [3.8, 4) is 0 Å². The Morgan fingerprint density at radius 1 is 1.24 bits per heavy atom. The molecule has 0 saturated carbocycles. The van der Waals surface area contributed by atoms with Crippen molar-refractivity contribution in [2.24, 2.45) is 12.9 Å². The summed E-state index contributed by atoms with van der Waals surface area (Å²) in [5.41, 5.74) is 3.54. The number of hydrogen-bond acceptors (Lipinski definition) is 4. The first-order chi connectivity index (χ1) is 9.88. The van der Waals surface area contributed by atoms with E-state index in [1.54, 1.807) is 17.9 Å². The van der Waals surface area contributed by atoms with E-state index in [9.17, 15) is 13.2 Å². The maximum Gasteiger partial charge on any atom is 0.416 e. The number of nitrogens with zero attached hydrogens (tertiary/aromatic N) is 3. The highest BCUT2D eigenvalue weighted by Gasteiger charge is 2.29. The molecule has 0 radical (unpaired) electrons. The second kappa shape index (κ2) is 6.23. The van der Waals surface area contributed by atoms with Gasteiger partial charge in [-0.2, -0.15) is 13.2 Å². The summed E-state index contributed by atoms with van der Waals surface area (Å²) in [6.07, 6.45) is -1.49. The zero-order chi connectivity index (χ0) is 15.5. The van der Waals surface area contributed by atoms with Crippen LogP contribution in [0.25, 0.3) is 0 Å². The van der Waals surface area contributed by atoms with E-state index in [0.29, 0.717) is 12.8 Å². The minimum absolute atomic E-state index is 0.126. The van der Waals surface area contributed by atoms with Crippen LogP contribution in [0.1, 0.15) is 16.8 Å². The van der Waals surface area contributed by atoms with Gasteiger partial charge in [-0.25, -0.2) is 0 Å². The summed E-state index contributed by atoms with van der Waals surface area (Å²) < 4.78 is 39.0. The lowest BCUT2D eigenvalue weighted by Gasteiger charge is -2.15. The predicted octanol–water partition coefficient (Wildman–Crippen LogP) is 1.45. The lowest BCUT2D eigenvalue weighted by Crippen LogP contribution is -2.38. The number of halogens is 3. The van der Waals surface area contributed by atoms with Crippen LogP contribution in [0.15, 0.2) is 30.5 Å². The lowest BCUT2D eigenvalue weighted by atomic mass is 10.0. The molecule has 1 unspecified atom stereocenters. The fourth-order valence-corrected chi connectivity index (χ4v) is 2.05. The lowest BCUT2D eigenvalue weighted by molar-refractivity contribution is -0.137. The molecule has 2 aromatic rings. The number of nitrogens with two attached hydrogens (primary N) is 1. The van der Waals surface area contributed by atoms with Gasteiger partial charge in [-0.05, 0) is 24.1 Å². The van der Waals surface area contributed by atoms with Crippen LogP contribution in [0.5, 0.6) is 0 Å². The van der Waals surface area contributed by atoms with Crippen molar-refractivity contribution in [1.29, 1.82) is 0 Å². The average Bonchev–Trinajstić information content (AvgIpc) is 2.83. The Labute approximate surface area is 119 Å². The molecule has 5 nitrogen and oxygen atoms in total. The topological polar surface area (TPSA) is 68.8 Å². The van der Waals surface area contributed by atoms with Crippen molar-refractivity contribution in [2.75, 3.05) is 0 Å². The molecular weight excluding hydrogens is 283 g/mol. The van der Waals surface area contributed by atoms with Gasteiger partial charge in [0.25, 0.3) is 0 Å². The van der Waals surface area contributed by atoms with Crippen LogP contribution in [0.3, 0.4) is 0 Å². The van der Waals surface area contributed by atoms with Crippen molar-refractivity contribution in [1.82, 2.24) is 20.4 Å². The Kier molecular flexibility index (Phi) is 4.59. The maximum atomic E-state index is 12.5. The molecule has 0 fully saturated rings. The molecule has 0 saturated heterocycles. The van der Waals surface area contributed by atoms with Crippen LogP contribution >= 0.6 is 0 Å². The third kappa shape index (κ3) is 4.27. The van der Waals surface area contributed by atoms with Crippen molar-refractivity contribution >= 4 is 0 Å². The zero-order valence-corrected chi connectivity index (χ0v) is 11.4. The number of benzene rings is 1. The van der Waals surface area contributed by atoms with Gasteiger partial charge in [0.05, 0.1) is 11.3 Å². The maximum absolute atomic E-state index is 12.5. The molecule has 8 heteroatoms. The molecule has 0 aliphatic carbocycles. The number of aryl methyl sites for hydroxylation is 1. The van der Waals surface area contributed by atoms with E-state index in [4.69, 9.17) is 5.84 Å². The van der Waals surface area contributed by atoms with Gasteiger partial charge in [-0.3, -0.25) is 16.0 Å². The molecular formula is C13H16F3N5. The molecule has 0 amide bonds. The van der Waals surface area contributed by atoms with Crippen LogP contribution in [-0.2, 0) is 26.1 Å². The highest BCUT2D eigenvalue weighted by atomic mass is 19.4. The van der Waals surface area contributed by atoms with E-state index < -0.39 is 11.7 Å². The number of nitrogens with one attached hydrogen (secondary N) is 1. The summed E-state index contributed by atoms with van der Waals surface area (Å²) in [4.78, 5) is 0. The molecule has 114 valence electrons. The summed E-state index contributed by atoms with van der Waals surface area (Å²) in [7, 11) is 1.76. The summed E-state index contributed by atoms with van der Waals surface area (Å²) in [5.74, 6) is 5.49. The van der Waals surface area contributed by atoms with Crippen LogP contribution in [-0.4, -0.2) is 21.0 Å². The molecule has 2 rings (SSSR count). The average molecular weight is 299 g/mol. The molecule has 1 atom stereocenters. The predicted molar refractivity (Wildman–Crippen MR) is 71.0 cm³/mol. The number of hydrogen-bond donors (Lipinski definition) is 2. The Morgan fingerprint density at radius 2 is 1.90 bits per heavy atom. The Balaban J connectivity index is 2.01. The second-order valence-electron chi connectivity index (χ2n) is 4.85. The van der Waals surface area contributed by atoms with Gasteiger partial charge in [0, 0.05) is 25.7 Å². The number of alkyl halides is 3. The molecule has 1 heterocycles. The molecule has 1 aromatic heterocycles. The molecule has 0 aliphatic rings. The van der Waals surface area contributed by atoms with Crippen molar-refractivity contribution in [3.63, 3.8) is 0 Å². The molecule has 1 aromatic carbocycles. The molecule has 0 aliphatic heterocycles. The third-order valence-corrected chi connectivity index (χ3v) is 3.10. The second-order valence-corrected chi connectivity index (χ2v) is 4.85. The van der Waals surface area contributed by atoms with Crippen LogP contribution in [0, 0.1) is 0 Å². The molecule has 3 N–H and O–H groups in total. The van der Waals surface area contributed by atoms with Gasteiger partial charge in [0.1, 0.15) is 0 Å². The number of hydrazine groups is 1. The summed E-state index contributed by atoms with van der Waals surface area (Å²) >= 11 is 0. The molecule has 0 bridgehead atoms. The largest absolute Gasteiger partial charge is 0.416 e. The third-order valence-electron chi connectivity index (χ3n) is 3.10. The summed E-state index contributed by atoms with van der Waals surface area (Å²) in [6.45, 7) is 0. The minimum Gasteiger partial charge on any atom is -0.271 e. The van der Waals surface area contributed by atoms with Gasteiger partial charge in [-0.15, -0.1) is 5.10 Å². The van der Waals surface area contributed by atoms with E-state index in [2.05, 4.69) is 15.7 Å². The van der Waals surface area contributed by atoms with E-state index in [1.807, 2.05) is 0 Å². The summed E-state index contributed by atoms with van der Waals surface area (Å²) in [6, 6.07) is 4.95. The van der Waals surface area contributed by atoms with Crippen molar-refractivity contribution in [3.05, 3.63) is 47.3 Å². The first kappa shape index (κ1) is 15.5. The fraction of sp³-hybridized carbons (Fsp3) is 0.385. The number of rotatable bonds is 5. The number of aromatic nitrogens is 3. The van der Waals surface area contributed by atoms with Crippen LogP contribution in [0.4, 0.5) is 13.2 Å². The molecule has 21 heavy (non-hydrogen) atoms. The standard InChI is InChI=1S/C13H16F3N5/c1-21-8-12(19-20-21)7-11(18-17)6-9-2-4-10(5-3-9)13(14,15)16/h2-5,8,11,18H,6-7,17H2,1H3. The smallest absolute Gasteiger partial charge is 0.271 e. The van der Waals surface area contributed by atoms with E-state index >= 15 is 0 Å². The highest BCUT2D eigenvalue weighted by Crippen LogP contribution is 2.29. The van der Waals surface area contributed by atoms with Gasteiger partial charge in [0.15, 0.2) is 0 Å². The minimum atomic E-state index is -4.32. The quantitative estimate of drug-likeness (QED) is 0.648. The normalized spacial score (nSPS) is 13.4. The van der Waals surface area contributed by atoms with Crippen LogP contribution in [0.2, 0.25) is 0 Å². The Hall–Kier alpha value is -1.93. The van der Waals surface area contributed by atoms with Gasteiger partial charge < -0.3 is 0 Å². The van der Waals surface area contributed by atoms with E-state index in [0.717, 1.165) is 23.4 Å². The van der Waals surface area contributed by atoms with Crippen LogP contribution < -0.4 is 11.3 Å². The Bertz CT molecular complexity index is 576. The van der Waals surface area contributed by atoms with E-state index in [-0.39, 0.29) is 6.04 Å². The van der Waals surface area contributed by atoms with E-state index in [1.165, 1.54) is 12.1 Å².